The number of carbonyl (C=O) groups excluding carboxylic acids is 1. The molecule has 0 aliphatic heterocycles. The number of carboxylic acids is 1. The van der Waals surface area contributed by atoms with Crippen molar-refractivity contribution in [2.75, 3.05) is 13.2 Å². The molecule has 0 saturated heterocycles. The van der Waals surface area contributed by atoms with Crippen molar-refractivity contribution in [3.63, 3.8) is 0 Å². The molecule has 0 radical (unpaired) electrons. The zero-order valence-corrected chi connectivity index (χ0v) is 9.56. The largest absolute Gasteiger partial charge is 0.478 e. The maximum Gasteiger partial charge on any atom is 0.335 e. The fourth-order valence-corrected chi connectivity index (χ4v) is 0.981. The molecule has 0 amide bonds. The molecule has 0 aromatic carbocycles. The second-order valence-electron chi connectivity index (χ2n) is 2.82. The first-order valence-corrected chi connectivity index (χ1v) is 4.85. The van der Waals surface area contributed by atoms with Gasteiger partial charge in [0.1, 0.15) is 0 Å². The van der Waals surface area contributed by atoms with Gasteiger partial charge < -0.3 is 19.3 Å². The van der Waals surface area contributed by atoms with Crippen LogP contribution in [0.2, 0.25) is 0 Å². The van der Waals surface area contributed by atoms with Crippen LogP contribution in [0.25, 0.3) is 0 Å². The SMILES string of the molecule is CCOC(C)(OCC)OC(=O)/C=C\C(=O)O. The Hall–Kier alpha value is -1.40. The van der Waals surface area contributed by atoms with Gasteiger partial charge in [-0.3, -0.25) is 0 Å². The molecule has 0 aromatic rings. The summed E-state index contributed by atoms with van der Waals surface area (Å²) < 4.78 is 15.0. The Kier molecular flexibility index (Phi) is 6.36. The highest BCUT2D eigenvalue weighted by Crippen LogP contribution is 2.14. The molecule has 0 aromatic heterocycles. The molecule has 0 fully saturated rings. The molecular weight excluding hydrogens is 216 g/mol. The normalized spacial score (nSPS) is 11.7. The third-order valence-corrected chi connectivity index (χ3v) is 1.46. The summed E-state index contributed by atoms with van der Waals surface area (Å²) in [6, 6.07) is 0. The minimum Gasteiger partial charge on any atom is -0.478 e. The van der Waals surface area contributed by atoms with Gasteiger partial charge >= 0.3 is 17.9 Å². The van der Waals surface area contributed by atoms with Crippen LogP contribution >= 0.6 is 0 Å². The smallest absolute Gasteiger partial charge is 0.335 e. The first kappa shape index (κ1) is 14.6. The molecule has 0 aliphatic carbocycles. The summed E-state index contributed by atoms with van der Waals surface area (Å²) in [6.45, 7) is 5.47. The molecule has 0 saturated carbocycles. The summed E-state index contributed by atoms with van der Waals surface area (Å²) in [5.41, 5.74) is 0. The average Bonchev–Trinajstić information content (AvgIpc) is 2.15. The maximum absolute atomic E-state index is 11.2. The predicted octanol–water partition coefficient (Wildman–Crippen LogP) is 0.917. The Bertz CT molecular complexity index is 264. The van der Waals surface area contributed by atoms with Crippen LogP contribution in [0.4, 0.5) is 0 Å². The summed E-state index contributed by atoms with van der Waals surface area (Å²) in [4.78, 5) is 21.3. The van der Waals surface area contributed by atoms with E-state index in [0.717, 1.165) is 6.08 Å². The van der Waals surface area contributed by atoms with Crippen molar-refractivity contribution < 1.29 is 28.9 Å². The van der Waals surface area contributed by atoms with Gasteiger partial charge in [-0.2, -0.15) is 0 Å². The van der Waals surface area contributed by atoms with Gasteiger partial charge in [-0.15, -0.1) is 0 Å². The van der Waals surface area contributed by atoms with Gasteiger partial charge in [0.15, 0.2) is 0 Å². The number of aliphatic carboxylic acids is 1. The van der Waals surface area contributed by atoms with Crippen LogP contribution in [0.15, 0.2) is 12.2 Å². The van der Waals surface area contributed by atoms with E-state index in [-0.39, 0.29) is 0 Å². The summed E-state index contributed by atoms with van der Waals surface area (Å²) in [5.74, 6) is -3.55. The summed E-state index contributed by atoms with van der Waals surface area (Å²) in [6.07, 6.45) is 1.47. The predicted molar refractivity (Wildman–Crippen MR) is 54.5 cm³/mol. The Morgan fingerprint density at radius 1 is 1.19 bits per heavy atom. The van der Waals surface area contributed by atoms with Crippen LogP contribution in [0, 0.1) is 0 Å². The molecule has 0 spiro atoms. The lowest BCUT2D eigenvalue weighted by Gasteiger charge is -2.27. The molecule has 0 unspecified atom stereocenters. The second kappa shape index (κ2) is 6.97. The summed E-state index contributed by atoms with van der Waals surface area (Å²) in [5, 5.41) is 8.31. The summed E-state index contributed by atoms with van der Waals surface area (Å²) >= 11 is 0. The van der Waals surface area contributed by atoms with Crippen LogP contribution in [-0.2, 0) is 23.8 Å². The number of carbonyl (C=O) groups is 2. The molecule has 0 bridgehead atoms. The molecule has 16 heavy (non-hydrogen) atoms. The highest BCUT2D eigenvalue weighted by molar-refractivity contribution is 5.90. The van der Waals surface area contributed by atoms with E-state index >= 15 is 0 Å². The molecule has 6 nitrogen and oxygen atoms in total. The van der Waals surface area contributed by atoms with E-state index in [9.17, 15) is 9.59 Å². The number of ether oxygens (including phenoxy) is 3. The van der Waals surface area contributed by atoms with Gasteiger partial charge in [-0.05, 0) is 13.8 Å². The van der Waals surface area contributed by atoms with Gasteiger partial charge in [-0.1, -0.05) is 0 Å². The van der Waals surface area contributed by atoms with E-state index in [2.05, 4.69) is 0 Å². The van der Waals surface area contributed by atoms with Crippen molar-refractivity contribution in [2.24, 2.45) is 0 Å². The van der Waals surface area contributed by atoms with E-state index in [1.165, 1.54) is 6.92 Å². The molecule has 1 N–H and O–H groups in total. The van der Waals surface area contributed by atoms with Crippen molar-refractivity contribution in [2.45, 2.75) is 26.7 Å². The van der Waals surface area contributed by atoms with Crippen LogP contribution < -0.4 is 0 Å². The lowest BCUT2D eigenvalue weighted by Crippen LogP contribution is -2.37. The van der Waals surface area contributed by atoms with Gasteiger partial charge in [0.2, 0.25) is 0 Å². The van der Waals surface area contributed by atoms with Crippen molar-refractivity contribution >= 4 is 11.9 Å². The van der Waals surface area contributed by atoms with E-state index in [0.29, 0.717) is 19.3 Å². The van der Waals surface area contributed by atoms with E-state index in [4.69, 9.17) is 19.3 Å². The Morgan fingerprint density at radius 2 is 1.69 bits per heavy atom. The van der Waals surface area contributed by atoms with E-state index in [1.807, 2.05) is 0 Å². The number of carboxylic acid groups (broad SMARTS) is 1. The molecule has 92 valence electrons. The number of rotatable bonds is 7. The molecular formula is C10H16O6. The Morgan fingerprint density at radius 3 is 2.06 bits per heavy atom. The van der Waals surface area contributed by atoms with Gasteiger partial charge in [-0.25, -0.2) is 9.59 Å². The number of hydrogen-bond donors (Lipinski definition) is 1. The van der Waals surface area contributed by atoms with Crippen molar-refractivity contribution in [3.8, 4) is 0 Å². The number of esters is 1. The van der Waals surface area contributed by atoms with Crippen molar-refractivity contribution in [1.29, 1.82) is 0 Å². The van der Waals surface area contributed by atoms with Crippen LogP contribution in [0.3, 0.4) is 0 Å². The number of hydrogen-bond acceptors (Lipinski definition) is 5. The third-order valence-electron chi connectivity index (χ3n) is 1.46. The van der Waals surface area contributed by atoms with E-state index in [1.54, 1.807) is 13.8 Å². The average molecular weight is 232 g/mol. The zero-order valence-electron chi connectivity index (χ0n) is 9.56. The third kappa shape index (κ3) is 6.15. The Balaban J connectivity index is 4.39. The fraction of sp³-hybridized carbons (Fsp3) is 0.600. The second-order valence-corrected chi connectivity index (χ2v) is 2.82. The first-order valence-electron chi connectivity index (χ1n) is 4.85. The topological polar surface area (TPSA) is 82.1 Å². The van der Waals surface area contributed by atoms with Gasteiger partial charge in [0, 0.05) is 19.1 Å². The van der Waals surface area contributed by atoms with Gasteiger partial charge in [0.25, 0.3) is 0 Å². The molecule has 0 heterocycles. The highest BCUT2D eigenvalue weighted by atomic mass is 16.9. The lowest BCUT2D eigenvalue weighted by molar-refractivity contribution is -0.347. The zero-order chi connectivity index (χ0) is 12.6. The van der Waals surface area contributed by atoms with Gasteiger partial charge in [0.05, 0.1) is 13.2 Å². The minimum atomic E-state index is -1.48. The molecule has 6 heteroatoms. The molecule has 0 atom stereocenters. The standard InChI is InChI=1S/C10H16O6/c1-4-14-10(3,15-5-2)16-9(13)7-6-8(11)12/h6-7H,4-5H2,1-3H3,(H,11,12)/b7-6-. The maximum atomic E-state index is 11.2. The summed E-state index contributed by atoms with van der Waals surface area (Å²) in [7, 11) is 0. The Labute approximate surface area is 93.8 Å². The highest BCUT2D eigenvalue weighted by Gasteiger charge is 2.29. The van der Waals surface area contributed by atoms with Crippen LogP contribution in [0.5, 0.6) is 0 Å². The quantitative estimate of drug-likeness (QED) is 0.399. The lowest BCUT2D eigenvalue weighted by atomic mass is 10.5. The first-order chi connectivity index (χ1) is 7.43. The van der Waals surface area contributed by atoms with Crippen molar-refractivity contribution in [1.82, 2.24) is 0 Å². The molecule has 0 aliphatic rings. The minimum absolute atomic E-state index is 0.298. The van der Waals surface area contributed by atoms with Crippen LogP contribution in [0.1, 0.15) is 20.8 Å². The van der Waals surface area contributed by atoms with Crippen molar-refractivity contribution in [3.05, 3.63) is 12.2 Å². The van der Waals surface area contributed by atoms with Crippen LogP contribution in [-0.4, -0.2) is 36.2 Å². The monoisotopic (exact) mass is 232 g/mol. The molecule has 0 rings (SSSR count). The van der Waals surface area contributed by atoms with E-state index < -0.39 is 17.9 Å². The fourth-order valence-electron chi connectivity index (χ4n) is 0.981.